The summed E-state index contributed by atoms with van der Waals surface area (Å²) in [7, 11) is 0. The van der Waals surface area contributed by atoms with Crippen LogP contribution in [0.25, 0.3) is 0 Å². The fourth-order valence-electron chi connectivity index (χ4n) is 3.49. The summed E-state index contributed by atoms with van der Waals surface area (Å²) in [5, 5.41) is 13.0. The first kappa shape index (κ1) is 21.4. The highest BCUT2D eigenvalue weighted by Crippen LogP contribution is 2.26. The van der Waals surface area contributed by atoms with Crippen LogP contribution in [0, 0.1) is 32.1 Å². The van der Waals surface area contributed by atoms with E-state index in [1.807, 2.05) is 20.8 Å². The summed E-state index contributed by atoms with van der Waals surface area (Å²) >= 11 is 1.32. The minimum atomic E-state index is -0.0577. The lowest BCUT2D eigenvalue weighted by atomic mass is 10.1. The molecule has 6 heteroatoms. The molecule has 0 atom stereocenters. The summed E-state index contributed by atoms with van der Waals surface area (Å²) in [5.41, 5.74) is 5.85. The van der Waals surface area contributed by atoms with E-state index in [0.717, 1.165) is 28.9 Å². The van der Waals surface area contributed by atoms with Crippen molar-refractivity contribution in [2.75, 3.05) is 18.8 Å². The van der Waals surface area contributed by atoms with Crippen LogP contribution in [0.5, 0.6) is 0 Å². The fraction of sp³-hybridized carbons (Fsp3) is 0.435. The van der Waals surface area contributed by atoms with Crippen molar-refractivity contribution in [3.05, 3.63) is 57.8 Å². The number of benzene rings is 1. The summed E-state index contributed by atoms with van der Waals surface area (Å²) in [6.45, 7) is 9.73. The molecule has 29 heavy (non-hydrogen) atoms. The van der Waals surface area contributed by atoms with Crippen LogP contribution in [-0.2, 0) is 17.9 Å². The van der Waals surface area contributed by atoms with E-state index >= 15 is 0 Å². The van der Waals surface area contributed by atoms with Crippen LogP contribution in [-0.4, -0.2) is 34.6 Å². The monoisotopic (exact) mass is 408 g/mol. The molecule has 1 aliphatic rings. The minimum absolute atomic E-state index is 0.0577. The van der Waals surface area contributed by atoms with Crippen LogP contribution in [0.1, 0.15) is 46.4 Å². The third-order valence-electron chi connectivity index (χ3n) is 5.53. The summed E-state index contributed by atoms with van der Waals surface area (Å²) in [6.07, 6.45) is 2.60. The second-order valence-corrected chi connectivity index (χ2v) is 8.57. The van der Waals surface area contributed by atoms with E-state index in [2.05, 4.69) is 45.5 Å². The lowest BCUT2D eigenvalue weighted by Gasteiger charge is -2.14. The number of carbonyl (C=O) groups excluding carboxylic acids is 1. The van der Waals surface area contributed by atoms with E-state index in [-0.39, 0.29) is 11.7 Å². The standard InChI is InChI=1S/C23H28N4OS/c1-16-17(2)21(12-24)23(26-18(16)3)29-15-22(28)25-13-19-6-8-20(9-7-19)14-27-10-4-5-11-27/h6-9H,4-5,10-11,13-15H2,1-3H3,(H,25,28). The van der Waals surface area contributed by atoms with Crippen LogP contribution in [0.4, 0.5) is 0 Å². The molecule has 0 saturated carbocycles. The second kappa shape index (κ2) is 9.91. The van der Waals surface area contributed by atoms with Crippen LogP contribution in [0.2, 0.25) is 0 Å². The number of nitriles is 1. The molecule has 2 heterocycles. The topological polar surface area (TPSA) is 69.0 Å². The number of nitrogens with zero attached hydrogens (tertiary/aromatic N) is 3. The summed E-state index contributed by atoms with van der Waals surface area (Å²) < 4.78 is 0. The van der Waals surface area contributed by atoms with Gasteiger partial charge in [-0.25, -0.2) is 4.98 Å². The van der Waals surface area contributed by atoms with E-state index in [1.165, 1.54) is 43.3 Å². The van der Waals surface area contributed by atoms with E-state index in [9.17, 15) is 10.1 Å². The van der Waals surface area contributed by atoms with Gasteiger partial charge in [0, 0.05) is 18.8 Å². The predicted octanol–water partition coefficient (Wildman–Crippen LogP) is 3.88. The van der Waals surface area contributed by atoms with Crippen molar-refractivity contribution in [2.45, 2.75) is 51.7 Å². The molecule has 1 fully saturated rings. The number of rotatable bonds is 7. The first-order valence-corrected chi connectivity index (χ1v) is 11.0. The van der Waals surface area contributed by atoms with Gasteiger partial charge in [0.15, 0.2) is 0 Å². The Balaban J connectivity index is 1.50. The highest BCUT2D eigenvalue weighted by Gasteiger charge is 2.14. The van der Waals surface area contributed by atoms with Crippen LogP contribution in [0.15, 0.2) is 29.3 Å². The molecule has 1 aromatic carbocycles. The third-order valence-corrected chi connectivity index (χ3v) is 6.51. The molecule has 0 bridgehead atoms. The number of nitrogens with one attached hydrogen (secondary N) is 1. The van der Waals surface area contributed by atoms with Gasteiger partial charge in [0.25, 0.3) is 0 Å². The van der Waals surface area contributed by atoms with Gasteiger partial charge in [0.05, 0.1) is 11.3 Å². The third kappa shape index (κ3) is 5.59. The van der Waals surface area contributed by atoms with Crippen LogP contribution < -0.4 is 5.32 Å². The number of hydrogen-bond donors (Lipinski definition) is 1. The maximum atomic E-state index is 12.3. The first-order valence-electron chi connectivity index (χ1n) is 10.1. The molecule has 2 aromatic rings. The number of thioether (sulfide) groups is 1. The zero-order valence-corrected chi connectivity index (χ0v) is 18.2. The van der Waals surface area contributed by atoms with Crippen molar-refractivity contribution in [3.8, 4) is 6.07 Å². The molecule has 0 spiro atoms. The Hall–Kier alpha value is -2.36. The Labute approximate surface area is 177 Å². The Bertz CT molecular complexity index is 912. The van der Waals surface area contributed by atoms with Crippen molar-refractivity contribution in [2.24, 2.45) is 0 Å². The fourth-order valence-corrected chi connectivity index (χ4v) is 4.41. The summed E-state index contributed by atoms with van der Waals surface area (Å²) in [4.78, 5) is 19.3. The average Bonchev–Trinajstić information content (AvgIpc) is 3.23. The van der Waals surface area contributed by atoms with Gasteiger partial charge >= 0.3 is 0 Å². The first-order chi connectivity index (χ1) is 14.0. The van der Waals surface area contributed by atoms with Crippen molar-refractivity contribution < 1.29 is 4.79 Å². The highest BCUT2D eigenvalue weighted by atomic mass is 32.2. The van der Waals surface area contributed by atoms with Crippen molar-refractivity contribution in [1.82, 2.24) is 15.2 Å². The average molecular weight is 409 g/mol. The quantitative estimate of drug-likeness (QED) is 0.704. The van der Waals surface area contributed by atoms with Gasteiger partial charge in [0.1, 0.15) is 11.1 Å². The number of carbonyl (C=O) groups is 1. The molecule has 1 aromatic heterocycles. The van der Waals surface area contributed by atoms with Gasteiger partial charge in [-0.05, 0) is 69.0 Å². The zero-order chi connectivity index (χ0) is 20.8. The Morgan fingerprint density at radius 1 is 1.14 bits per heavy atom. The summed E-state index contributed by atoms with van der Waals surface area (Å²) in [5.74, 6) is 0.189. The maximum Gasteiger partial charge on any atom is 0.230 e. The molecule has 0 aliphatic carbocycles. The minimum Gasteiger partial charge on any atom is -0.351 e. The van der Waals surface area contributed by atoms with Gasteiger partial charge < -0.3 is 5.32 Å². The number of pyridine rings is 1. The highest BCUT2D eigenvalue weighted by molar-refractivity contribution is 8.00. The lowest BCUT2D eigenvalue weighted by molar-refractivity contribution is -0.118. The molecule has 1 N–H and O–H groups in total. The zero-order valence-electron chi connectivity index (χ0n) is 17.4. The van der Waals surface area contributed by atoms with Crippen molar-refractivity contribution >= 4 is 17.7 Å². The Morgan fingerprint density at radius 2 is 1.79 bits per heavy atom. The molecular formula is C23H28N4OS. The molecular weight excluding hydrogens is 380 g/mol. The van der Waals surface area contributed by atoms with Crippen molar-refractivity contribution in [3.63, 3.8) is 0 Å². The van der Waals surface area contributed by atoms with Gasteiger partial charge in [-0.2, -0.15) is 5.26 Å². The van der Waals surface area contributed by atoms with E-state index in [1.54, 1.807) is 0 Å². The van der Waals surface area contributed by atoms with Gasteiger partial charge in [-0.1, -0.05) is 36.0 Å². The smallest absolute Gasteiger partial charge is 0.230 e. The number of aromatic nitrogens is 1. The molecule has 1 aliphatic heterocycles. The molecule has 5 nitrogen and oxygen atoms in total. The molecule has 1 amide bonds. The van der Waals surface area contributed by atoms with Crippen LogP contribution >= 0.6 is 11.8 Å². The van der Waals surface area contributed by atoms with Crippen molar-refractivity contribution in [1.29, 1.82) is 5.26 Å². The van der Waals surface area contributed by atoms with Crippen LogP contribution in [0.3, 0.4) is 0 Å². The largest absolute Gasteiger partial charge is 0.351 e. The van der Waals surface area contributed by atoms with E-state index in [4.69, 9.17) is 0 Å². The molecule has 0 unspecified atom stereocenters. The normalized spacial score (nSPS) is 14.0. The Kier molecular flexibility index (Phi) is 7.29. The number of likely N-dealkylation sites (tertiary alicyclic amines) is 1. The predicted molar refractivity (Wildman–Crippen MR) is 117 cm³/mol. The number of hydrogen-bond acceptors (Lipinski definition) is 5. The van der Waals surface area contributed by atoms with E-state index in [0.29, 0.717) is 17.1 Å². The Morgan fingerprint density at radius 3 is 2.45 bits per heavy atom. The van der Waals surface area contributed by atoms with Gasteiger partial charge in [-0.15, -0.1) is 0 Å². The van der Waals surface area contributed by atoms with Gasteiger partial charge in [-0.3, -0.25) is 9.69 Å². The SMILES string of the molecule is Cc1nc(SCC(=O)NCc2ccc(CN3CCCC3)cc2)c(C#N)c(C)c1C. The number of amides is 1. The lowest BCUT2D eigenvalue weighted by Crippen LogP contribution is -2.24. The molecule has 3 rings (SSSR count). The molecule has 0 radical (unpaired) electrons. The molecule has 152 valence electrons. The maximum absolute atomic E-state index is 12.3. The van der Waals surface area contributed by atoms with E-state index < -0.39 is 0 Å². The second-order valence-electron chi connectivity index (χ2n) is 7.60. The number of aryl methyl sites for hydroxylation is 1. The summed E-state index contributed by atoms with van der Waals surface area (Å²) in [6, 6.07) is 10.7. The molecule has 1 saturated heterocycles. The van der Waals surface area contributed by atoms with Gasteiger partial charge in [0.2, 0.25) is 5.91 Å².